The van der Waals surface area contributed by atoms with Crippen molar-refractivity contribution >= 4 is 5.82 Å². The Morgan fingerprint density at radius 2 is 2.18 bits per heavy atom. The van der Waals surface area contributed by atoms with Crippen molar-refractivity contribution < 1.29 is 0 Å². The van der Waals surface area contributed by atoms with E-state index >= 15 is 0 Å². The van der Waals surface area contributed by atoms with Gasteiger partial charge in [0.25, 0.3) is 0 Å². The third kappa shape index (κ3) is 1.93. The SMILES string of the molecule is CCc1cc(C)nc(NC)c1. The molecule has 1 heterocycles. The molecule has 0 fully saturated rings. The normalized spacial score (nSPS) is 9.73. The number of rotatable bonds is 2. The lowest BCUT2D eigenvalue weighted by Gasteiger charge is -2.03. The standard InChI is InChI=1S/C9H14N2/c1-4-8-5-7(2)11-9(6-8)10-3/h5-6H,4H2,1-3H3,(H,10,11). The van der Waals surface area contributed by atoms with E-state index in [0.29, 0.717) is 0 Å². The Bertz CT molecular complexity index is 221. The Kier molecular flexibility index (Phi) is 2.47. The maximum absolute atomic E-state index is 4.29. The second-order valence-corrected chi connectivity index (χ2v) is 2.61. The van der Waals surface area contributed by atoms with Gasteiger partial charge in [0, 0.05) is 12.7 Å². The molecule has 0 aromatic carbocycles. The highest BCUT2D eigenvalue weighted by molar-refractivity contribution is 5.38. The van der Waals surface area contributed by atoms with Crippen molar-refractivity contribution in [3.8, 4) is 0 Å². The zero-order valence-corrected chi connectivity index (χ0v) is 7.31. The molecule has 0 amide bonds. The van der Waals surface area contributed by atoms with Crippen LogP contribution in [0.25, 0.3) is 0 Å². The fourth-order valence-electron chi connectivity index (χ4n) is 1.07. The van der Waals surface area contributed by atoms with E-state index in [2.05, 4.69) is 29.4 Å². The number of hydrogen-bond donors (Lipinski definition) is 1. The van der Waals surface area contributed by atoms with Gasteiger partial charge < -0.3 is 5.32 Å². The van der Waals surface area contributed by atoms with Crippen LogP contribution in [0.1, 0.15) is 18.2 Å². The summed E-state index contributed by atoms with van der Waals surface area (Å²) in [7, 11) is 1.89. The monoisotopic (exact) mass is 150 g/mol. The summed E-state index contributed by atoms with van der Waals surface area (Å²) in [6, 6.07) is 4.19. The van der Waals surface area contributed by atoms with E-state index in [-0.39, 0.29) is 0 Å². The molecule has 0 spiro atoms. The number of aryl methyl sites for hydroxylation is 2. The molecule has 11 heavy (non-hydrogen) atoms. The van der Waals surface area contributed by atoms with Crippen LogP contribution in [0.5, 0.6) is 0 Å². The molecule has 1 aromatic heterocycles. The quantitative estimate of drug-likeness (QED) is 0.697. The average Bonchev–Trinajstić information content (AvgIpc) is 2.03. The number of aromatic nitrogens is 1. The van der Waals surface area contributed by atoms with Crippen molar-refractivity contribution in [2.24, 2.45) is 0 Å². The molecule has 0 unspecified atom stereocenters. The van der Waals surface area contributed by atoms with Crippen LogP contribution < -0.4 is 5.32 Å². The third-order valence-electron chi connectivity index (χ3n) is 1.68. The van der Waals surface area contributed by atoms with Gasteiger partial charge in [-0.15, -0.1) is 0 Å². The van der Waals surface area contributed by atoms with E-state index in [1.807, 2.05) is 14.0 Å². The molecule has 0 bridgehead atoms. The summed E-state index contributed by atoms with van der Waals surface area (Å²) >= 11 is 0. The zero-order chi connectivity index (χ0) is 8.27. The Morgan fingerprint density at radius 3 is 2.73 bits per heavy atom. The highest BCUT2D eigenvalue weighted by Crippen LogP contribution is 2.09. The summed E-state index contributed by atoms with van der Waals surface area (Å²) in [5.74, 6) is 0.960. The van der Waals surface area contributed by atoms with Gasteiger partial charge in [-0.2, -0.15) is 0 Å². The molecule has 0 aliphatic rings. The highest BCUT2D eigenvalue weighted by Gasteiger charge is 1.95. The molecule has 0 radical (unpaired) electrons. The summed E-state index contributed by atoms with van der Waals surface area (Å²) in [6.45, 7) is 4.16. The van der Waals surface area contributed by atoms with E-state index in [1.165, 1.54) is 5.56 Å². The van der Waals surface area contributed by atoms with Gasteiger partial charge in [0.05, 0.1) is 0 Å². The Hall–Kier alpha value is -1.05. The lowest BCUT2D eigenvalue weighted by Crippen LogP contribution is -1.95. The minimum absolute atomic E-state index is 0.960. The summed E-state index contributed by atoms with van der Waals surface area (Å²) < 4.78 is 0. The summed E-state index contributed by atoms with van der Waals surface area (Å²) in [6.07, 6.45) is 1.07. The van der Waals surface area contributed by atoms with Crippen LogP contribution in [-0.2, 0) is 6.42 Å². The Morgan fingerprint density at radius 1 is 1.45 bits per heavy atom. The molecule has 0 aliphatic heterocycles. The van der Waals surface area contributed by atoms with Crippen molar-refractivity contribution in [2.45, 2.75) is 20.3 Å². The number of nitrogens with one attached hydrogen (secondary N) is 1. The van der Waals surface area contributed by atoms with Crippen molar-refractivity contribution in [1.29, 1.82) is 0 Å². The van der Waals surface area contributed by atoms with Crippen LogP contribution in [-0.4, -0.2) is 12.0 Å². The van der Waals surface area contributed by atoms with Gasteiger partial charge in [-0.05, 0) is 31.0 Å². The fourth-order valence-corrected chi connectivity index (χ4v) is 1.07. The maximum atomic E-state index is 4.29. The Labute approximate surface area is 67.7 Å². The van der Waals surface area contributed by atoms with Crippen LogP contribution in [0.15, 0.2) is 12.1 Å². The topological polar surface area (TPSA) is 24.9 Å². The minimum Gasteiger partial charge on any atom is -0.373 e. The first-order valence-corrected chi connectivity index (χ1v) is 3.91. The zero-order valence-electron chi connectivity index (χ0n) is 7.31. The largest absolute Gasteiger partial charge is 0.373 e. The van der Waals surface area contributed by atoms with Gasteiger partial charge >= 0.3 is 0 Å². The molecule has 2 heteroatoms. The van der Waals surface area contributed by atoms with Crippen molar-refractivity contribution in [3.63, 3.8) is 0 Å². The molecule has 1 N–H and O–H groups in total. The number of nitrogens with zero attached hydrogens (tertiary/aromatic N) is 1. The van der Waals surface area contributed by atoms with Gasteiger partial charge in [0.15, 0.2) is 0 Å². The van der Waals surface area contributed by atoms with Gasteiger partial charge in [-0.1, -0.05) is 6.92 Å². The first kappa shape index (κ1) is 8.05. The van der Waals surface area contributed by atoms with E-state index < -0.39 is 0 Å². The fraction of sp³-hybridized carbons (Fsp3) is 0.444. The molecule has 1 rings (SSSR count). The second kappa shape index (κ2) is 3.37. The highest BCUT2D eigenvalue weighted by atomic mass is 15.0. The third-order valence-corrected chi connectivity index (χ3v) is 1.68. The van der Waals surface area contributed by atoms with Crippen LogP contribution in [0, 0.1) is 6.92 Å². The van der Waals surface area contributed by atoms with Crippen molar-refractivity contribution in [1.82, 2.24) is 4.98 Å². The average molecular weight is 150 g/mol. The van der Waals surface area contributed by atoms with E-state index in [9.17, 15) is 0 Å². The molecule has 0 atom stereocenters. The van der Waals surface area contributed by atoms with E-state index in [0.717, 1.165) is 17.9 Å². The first-order chi connectivity index (χ1) is 5.26. The maximum Gasteiger partial charge on any atom is 0.126 e. The number of anilines is 1. The van der Waals surface area contributed by atoms with Crippen LogP contribution in [0.2, 0.25) is 0 Å². The summed E-state index contributed by atoms with van der Waals surface area (Å²) in [5.41, 5.74) is 2.41. The van der Waals surface area contributed by atoms with Crippen molar-refractivity contribution in [3.05, 3.63) is 23.4 Å². The lowest BCUT2D eigenvalue weighted by molar-refractivity contribution is 1.09. The lowest BCUT2D eigenvalue weighted by atomic mass is 10.2. The predicted octanol–water partition coefficient (Wildman–Crippen LogP) is 1.99. The predicted molar refractivity (Wildman–Crippen MR) is 47.9 cm³/mol. The molecule has 0 aliphatic carbocycles. The second-order valence-electron chi connectivity index (χ2n) is 2.61. The van der Waals surface area contributed by atoms with Crippen LogP contribution >= 0.6 is 0 Å². The van der Waals surface area contributed by atoms with E-state index in [1.54, 1.807) is 0 Å². The van der Waals surface area contributed by atoms with Crippen LogP contribution in [0.3, 0.4) is 0 Å². The molecule has 60 valence electrons. The van der Waals surface area contributed by atoms with Gasteiger partial charge in [-0.25, -0.2) is 4.98 Å². The van der Waals surface area contributed by atoms with Gasteiger partial charge in [0.1, 0.15) is 5.82 Å². The first-order valence-electron chi connectivity index (χ1n) is 3.91. The molecule has 2 nitrogen and oxygen atoms in total. The molecule has 0 saturated carbocycles. The summed E-state index contributed by atoms with van der Waals surface area (Å²) in [4.78, 5) is 4.29. The molecular formula is C9H14N2. The summed E-state index contributed by atoms with van der Waals surface area (Å²) in [5, 5.41) is 3.03. The Balaban J connectivity index is 3.02. The van der Waals surface area contributed by atoms with Gasteiger partial charge in [0.2, 0.25) is 0 Å². The number of pyridine rings is 1. The van der Waals surface area contributed by atoms with Crippen molar-refractivity contribution in [2.75, 3.05) is 12.4 Å². The van der Waals surface area contributed by atoms with E-state index in [4.69, 9.17) is 0 Å². The van der Waals surface area contributed by atoms with Crippen LogP contribution in [0.4, 0.5) is 5.82 Å². The smallest absolute Gasteiger partial charge is 0.126 e. The molecule has 1 aromatic rings. The molecular weight excluding hydrogens is 136 g/mol. The van der Waals surface area contributed by atoms with Gasteiger partial charge in [-0.3, -0.25) is 0 Å². The number of hydrogen-bond acceptors (Lipinski definition) is 2. The minimum atomic E-state index is 0.960. The molecule has 0 saturated heterocycles.